The second kappa shape index (κ2) is 4.14. The Hall–Kier alpha value is 0.180. The molecule has 0 aliphatic carbocycles. The van der Waals surface area contributed by atoms with Crippen LogP contribution in [0.1, 0.15) is 19.8 Å². The molecule has 0 fully saturated rings. The predicted octanol–water partition coefficient (Wildman–Crippen LogP) is 2.38. The zero-order valence-electron chi connectivity index (χ0n) is 6.44. The van der Waals surface area contributed by atoms with E-state index in [2.05, 4.69) is 33.8 Å². The molecule has 0 spiro atoms. The molecule has 58 valence electrons. The maximum Gasteiger partial charge on any atom is 0.0296 e. The van der Waals surface area contributed by atoms with Crippen LogP contribution in [0.4, 0.5) is 0 Å². The summed E-state index contributed by atoms with van der Waals surface area (Å²) in [6, 6.07) is 0. The molecule has 1 nitrogen and oxygen atoms in total. The van der Waals surface area contributed by atoms with Gasteiger partial charge in [-0.2, -0.15) is 0 Å². The van der Waals surface area contributed by atoms with Crippen LogP contribution in [-0.2, 0) is 0 Å². The van der Waals surface area contributed by atoms with Crippen molar-refractivity contribution in [2.75, 3.05) is 19.6 Å². The largest absolute Gasteiger partial charge is 0.298 e. The van der Waals surface area contributed by atoms with Gasteiger partial charge >= 0.3 is 0 Å². The molecule has 0 unspecified atom stereocenters. The van der Waals surface area contributed by atoms with Crippen LogP contribution in [0.15, 0.2) is 10.6 Å². The van der Waals surface area contributed by atoms with E-state index in [0.717, 1.165) is 6.54 Å². The average molecular weight is 204 g/mol. The molecule has 1 aliphatic rings. The van der Waals surface area contributed by atoms with Crippen LogP contribution in [0.25, 0.3) is 0 Å². The lowest BCUT2D eigenvalue weighted by molar-refractivity contribution is 0.297. The molecule has 2 heteroatoms. The van der Waals surface area contributed by atoms with E-state index >= 15 is 0 Å². The predicted molar refractivity (Wildman–Crippen MR) is 48.4 cm³/mol. The van der Waals surface area contributed by atoms with Gasteiger partial charge in [-0.3, -0.25) is 4.90 Å². The Balaban J connectivity index is 2.30. The van der Waals surface area contributed by atoms with Gasteiger partial charge in [-0.05, 0) is 19.4 Å². The smallest absolute Gasteiger partial charge is 0.0296 e. The summed E-state index contributed by atoms with van der Waals surface area (Å²) in [4.78, 5) is 2.48. The van der Waals surface area contributed by atoms with Gasteiger partial charge in [-0.1, -0.05) is 28.9 Å². The Morgan fingerprint density at radius 3 is 3.10 bits per heavy atom. The van der Waals surface area contributed by atoms with Crippen LogP contribution in [-0.4, -0.2) is 24.5 Å². The zero-order valence-corrected chi connectivity index (χ0v) is 8.02. The minimum atomic E-state index is 1.12. The number of hydrogen-bond donors (Lipinski definition) is 0. The van der Waals surface area contributed by atoms with Crippen LogP contribution in [0.2, 0.25) is 0 Å². The van der Waals surface area contributed by atoms with Crippen molar-refractivity contribution in [2.45, 2.75) is 19.8 Å². The molecule has 1 heterocycles. The molecule has 0 aromatic rings. The summed E-state index contributed by atoms with van der Waals surface area (Å²) < 4.78 is 1.35. The lowest BCUT2D eigenvalue weighted by Gasteiger charge is -2.24. The van der Waals surface area contributed by atoms with E-state index in [1.165, 1.54) is 30.4 Å². The first-order chi connectivity index (χ1) is 4.83. The zero-order chi connectivity index (χ0) is 7.40. The molecule has 0 bridgehead atoms. The summed E-state index contributed by atoms with van der Waals surface area (Å²) in [5.41, 5.74) is 0. The molecule has 0 saturated carbocycles. The van der Waals surface area contributed by atoms with Gasteiger partial charge in [0, 0.05) is 17.6 Å². The second-order valence-corrected chi connectivity index (χ2v) is 3.73. The van der Waals surface area contributed by atoms with E-state index in [1.54, 1.807) is 0 Å². The number of hydrogen-bond acceptors (Lipinski definition) is 1. The fraction of sp³-hybridized carbons (Fsp3) is 0.750. The van der Waals surface area contributed by atoms with Crippen LogP contribution in [0.5, 0.6) is 0 Å². The molecule has 0 amide bonds. The summed E-state index contributed by atoms with van der Waals surface area (Å²) >= 11 is 3.52. The molecule has 0 saturated heterocycles. The van der Waals surface area contributed by atoms with Crippen LogP contribution < -0.4 is 0 Å². The first-order valence-corrected chi connectivity index (χ1v) is 4.69. The number of halogens is 1. The normalized spacial score (nSPS) is 20.8. The van der Waals surface area contributed by atoms with Crippen molar-refractivity contribution in [3.8, 4) is 0 Å². The van der Waals surface area contributed by atoms with E-state index in [4.69, 9.17) is 0 Å². The van der Waals surface area contributed by atoms with Gasteiger partial charge in [-0.25, -0.2) is 0 Å². The van der Waals surface area contributed by atoms with Gasteiger partial charge in [0.05, 0.1) is 0 Å². The van der Waals surface area contributed by atoms with Crippen molar-refractivity contribution in [3.63, 3.8) is 0 Å². The van der Waals surface area contributed by atoms with Crippen molar-refractivity contribution in [3.05, 3.63) is 10.6 Å². The standard InChI is InChI=1S/C8H14BrN/c1-2-5-10-6-3-4-8(9)7-10/h4H,2-3,5-7H2,1H3. The third-order valence-electron chi connectivity index (χ3n) is 1.73. The van der Waals surface area contributed by atoms with Crippen LogP contribution >= 0.6 is 15.9 Å². The SMILES string of the molecule is CCCN1CCC=C(Br)C1. The van der Waals surface area contributed by atoms with Crippen LogP contribution in [0.3, 0.4) is 0 Å². The summed E-state index contributed by atoms with van der Waals surface area (Å²) in [6.07, 6.45) is 4.74. The lowest BCUT2D eigenvalue weighted by atomic mass is 10.2. The van der Waals surface area contributed by atoms with Crippen molar-refractivity contribution < 1.29 is 0 Å². The fourth-order valence-electron chi connectivity index (χ4n) is 1.27. The second-order valence-electron chi connectivity index (χ2n) is 2.72. The fourth-order valence-corrected chi connectivity index (χ4v) is 1.85. The number of nitrogens with zero attached hydrogens (tertiary/aromatic N) is 1. The maximum absolute atomic E-state index is 3.52. The Morgan fingerprint density at radius 2 is 2.50 bits per heavy atom. The average Bonchev–Trinajstić information content (AvgIpc) is 1.88. The van der Waals surface area contributed by atoms with E-state index in [-0.39, 0.29) is 0 Å². The van der Waals surface area contributed by atoms with Crippen molar-refractivity contribution in [2.24, 2.45) is 0 Å². The Kier molecular flexibility index (Phi) is 3.43. The van der Waals surface area contributed by atoms with Gasteiger partial charge in [-0.15, -0.1) is 0 Å². The van der Waals surface area contributed by atoms with E-state index < -0.39 is 0 Å². The van der Waals surface area contributed by atoms with Gasteiger partial charge < -0.3 is 0 Å². The van der Waals surface area contributed by atoms with E-state index in [9.17, 15) is 0 Å². The van der Waals surface area contributed by atoms with E-state index in [1.807, 2.05) is 0 Å². The molecule has 0 aromatic carbocycles. The topological polar surface area (TPSA) is 3.24 Å². The first-order valence-electron chi connectivity index (χ1n) is 3.90. The molecular weight excluding hydrogens is 190 g/mol. The highest BCUT2D eigenvalue weighted by Crippen LogP contribution is 2.14. The molecule has 1 rings (SSSR count). The molecule has 0 N–H and O–H groups in total. The summed E-state index contributed by atoms with van der Waals surface area (Å²) in [6.45, 7) is 5.83. The number of rotatable bonds is 2. The first kappa shape index (κ1) is 8.28. The maximum atomic E-state index is 3.52. The molecule has 0 radical (unpaired) electrons. The lowest BCUT2D eigenvalue weighted by Crippen LogP contribution is -2.29. The third kappa shape index (κ3) is 2.43. The summed E-state index contributed by atoms with van der Waals surface area (Å²) in [5, 5.41) is 0. The summed E-state index contributed by atoms with van der Waals surface area (Å²) in [7, 11) is 0. The Bertz CT molecular complexity index is 131. The quantitative estimate of drug-likeness (QED) is 0.667. The monoisotopic (exact) mass is 203 g/mol. The Labute approximate surface area is 71.2 Å². The third-order valence-corrected chi connectivity index (χ3v) is 2.30. The highest BCUT2D eigenvalue weighted by atomic mass is 79.9. The molecule has 0 atom stereocenters. The highest BCUT2D eigenvalue weighted by Gasteiger charge is 2.08. The highest BCUT2D eigenvalue weighted by molar-refractivity contribution is 9.11. The van der Waals surface area contributed by atoms with Gasteiger partial charge in [0.25, 0.3) is 0 Å². The van der Waals surface area contributed by atoms with Crippen molar-refractivity contribution >= 4 is 15.9 Å². The Morgan fingerprint density at radius 1 is 1.70 bits per heavy atom. The van der Waals surface area contributed by atoms with E-state index in [0.29, 0.717) is 0 Å². The molecular formula is C8H14BrN. The van der Waals surface area contributed by atoms with Crippen molar-refractivity contribution in [1.29, 1.82) is 0 Å². The molecule has 10 heavy (non-hydrogen) atoms. The summed E-state index contributed by atoms with van der Waals surface area (Å²) in [5.74, 6) is 0. The molecule has 0 aromatic heterocycles. The van der Waals surface area contributed by atoms with Crippen LogP contribution in [0, 0.1) is 0 Å². The van der Waals surface area contributed by atoms with Gasteiger partial charge in [0.2, 0.25) is 0 Å². The minimum Gasteiger partial charge on any atom is -0.298 e. The minimum absolute atomic E-state index is 1.12. The molecule has 1 aliphatic heterocycles. The van der Waals surface area contributed by atoms with Gasteiger partial charge in [0.15, 0.2) is 0 Å². The van der Waals surface area contributed by atoms with Gasteiger partial charge in [0.1, 0.15) is 0 Å². The van der Waals surface area contributed by atoms with Crippen molar-refractivity contribution in [1.82, 2.24) is 4.90 Å².